The number of amides is 1. The summed E-state index contributed by atoms with van der Waals surface area (Å²) >= 11 is 0. The molecular weight excluding hydrogens is 405 g/mol. The molecule has 4 nitrogen and oxygen atoms in total. The monoisotopic (exact) mass is 421 g/mol. The molecule has 0 spiro atoms. The maximum absolute atomic E-state index is 13.7. The van der Waals surface area contributed by atoms with Gasteiger partial charge in [-0.2, -0.15) is 18.3 Å². The van der Waals surface area contributed by atoms with E-state index in [0.717, 1.165) is 42.7 Å². The smallest absolute Gasteiger partial charge is 0.305 e. The molecule has 1 aromatic heterocycles. The Morgan fingerprint density at radius 3 is 2.43 bits per heavy atom. The zero-order valence-electron chi connectivity index (χ0n) is 15.5. The number of halogens is 5. The second-order valence-corrected chi connectivity index (χ2v) is 7.14. The summed E-state index contributed by atoms with van der Waals surface area (Å²) in [6.45, 7) is -0.167. The van der Waals surface area contributed by atoms with Gasteiger partial charge in [0.25, 0.3) is 5.91 Å². The van der Waals surface area contributed by atoms with E-state index < -0.39 is 34.8 Å². The molecule has 2 aromatic carbocycles. The largest absolute Gasteiger partial charge is 0.416 e. The fraction of sp³-hybridized carbons (Fsp3) is 0.238. The van der Waals surface area contributed by atoms with Crippen LogP contribution in [-0.4, -0.2) is 15.7 Å². The van der Waals surface area contributed by atoms with Crippen LogP contribution in [0.15, 0.2) is 48.7 Å². The number of alkyl halides is 3. The summed E-state index contributed by atoms with van der Waals surface area (Å²) in [6.07, 6.45) is -1.22. The highest BCUT2D eigenvalue weighted by molar-refractivity contribution is 6.04. The lowest BCUT2D eigenvalue weighted by atomic mass is 10.0. The van der Waals surface area contributed by atoms with Gasteiger partial charge >= 0.3 is 6.18 Å². The van der Waals surface area contributed by atoms with Crippen molar-refractivity contribution in [2.45, 2.75) is 31.5 Å². The van der Waals surface area contributed by atoms with E-state index in [-0.39, 0.29) is 23.8 Å². The summed E-state index contributed by atoms with van der Waals surface area (Å²) < 4.78 is 68.8. The van der Waals surface area contributed by atoms with E-state index in [0.29, 0.717) is 0 Å². The Bertz CT molecular complexity index is 1080. The molecule has 1 saturated carbocycles. The number of anilines is 1. The van der Waals surface area contributed by atoms with Gasteiger partial charge in [0, 0.05) is 12.3 Å². The molecule has 1 heterocycles. The first-order valence-electron chi connectivity index (χ1n) is 9.21. The van der Waals surface area contributed by atoms with Crippen molar-refractivity contribution in [3.8, 4) is 0 Å². The van der Waals surface area contributed by atoms with Crippen LogP contribution < -0.4 is 5.32 Å². The first-order chi connectivity index (χ1) is 14.2. The van der Waals surface area contributed by atoms with Crippen LogP contribution in [-0.2, 0) is 12.7 Å². The summed E-state index contributed by atoms with van der Waals surface area (Å²) in [5.74, 6) is -2.84. The summed E-state index contributed by atoms with van der Waals surface area (Å²) in [4.78, 5) is 12.1. The van der Waals surface area contributed by atoms with Gasteiger partial charge in [0.2, 0.25) is 0 Å². The molecule has 4 rings (SSSR count). The van der Waals surface area contributed by atoms with Crippen molar-refractivity contribution in [3.05, 3.63) is 82.5 Å². The van der Waals surface area contributed by atoms with Crippen LogP contribution in [0.5, 0.6) is 0 Å². The van der Waals surface area contributed by atoms with Crippen molar-refractivity contribution < 1.29 is 26.7 Å². The number of benzene rings is 2. The van der Waals surface area contributed by atoms with Gasteiger partial charge in [-0.15, -0.1) is 0 Å². The van der Waals surface area contributed by atoms with Crippen molar-refractivity contribution in [1.29, 1.82) is 0 Å². The van der Waals surface area contributed by atoms with Crippen LogP contribution in [0.2, 0.25) is 0 Å². The maximum Gasteiger partial charge on any atom is 0.416 e. The van der Waals surface area contributed by atoms with Gasteiger partial charge in [-0.05, 0) is 48.1 Å². The molecule has 156 valence electrons. The lowest BCUT2D eigenvalue weighted by molar-refractivity contribution is -0.138. The highest BCUT2D eigenvalue weighted by Crippen LogP contribution is 2.42. The third-order valence-corrected chi connectivity index (χ3v) is 4.89. The minimum Gasteiger partial charge on any atom is -0.305 e. The summed E-state index contributed by atoms with van der Waals surface area (Å²) in [5.41, 5.74) is -0.591. The van der Waals surface area contributed by atoms with Crippen molar-refractivity contribution in [2.24, 2.45) is 0 Å². The molecule has 0 bridgehead atoms. The Kier molecular flexibility index (Phi) is 5.05. The van der Waals surface area contributed by atoms with Crippen molar-refractivity contribution in [3.63, 3.8) is 0 Å². The third kappa shape index (κ3) is 4.19. The average Bonchev–Trinajstić information content (AvgIpc) is 3.42. The molecule has 1 fully saturated rings. The van der Waals surface area contributed by atoms with Gasteiger partial charge < -0.3 is 5.32 Å². The minimum absolute atomic E-state index is 0.0328. The van der Waals surface area contributed by atoms with Crippen LogP contribution in [0.4, 0.5) is 27.8 Å². The normalized spacial score (nSPS) is 14.0. The van der Waals surface area contributed by atoms with Crippen LogP contribution >= 0.6 is 0 Å². The lowest BCUT2D eigenvalue weighted by Crippen LogP contribution is -2.17. The Balaban J connectivity index is 1.55. The molecule has 9 heteroatoms. The number of nitrogens with one attached hydrogen (secondary N) is 1. The van der Waals surface area contributed by atoms with Crippen LogP contribution in [0.3, 0.4) is 0 Å². The number of hydrogen-bond acceptors (Lipinski definition) is 2. The highest BCUT2D eigenvalue weighted by atomic mass is 19.4. The molecule has 1 aliphatic carbocycles. The molecule has 0 saturated heterocycles. The van der Waals surface area contributed by atoms with Gasteiger partial charge in [-0.25, -0.2) is 8.78 Å². The fourth-order valence-electron chi connectivity index (χ4n) is 3.28. The van der Waals surface area contributed by atoms with Crippen molar-refractivity contribution in [1.82, 2.24) is 9.78 Å². The van der Waals surface area contributed by atoms with Gasteiger partial charge in [0.1, 0.15) is 17.2 Å². The van der Waals surface area contributed by atoms with Crippen LogP contribution in [0, 0.1) is 11.6 Å². The molecule has 30 heavy (non-hydrogen) atoms. The Hall–Kier alpha value is -3.23. The second-order valence-electron chi connectivity index (χ2n) is 7.14. The standard InChI is InChI=1S/C21H16F5N3O/c22-16-2-1-3-17(23)19(16)20(30)27-18-8-9-29(28-18)11-14-10-13(12-4-5-12)6-7-15(14)21(24,25)26/h1-3,6-10,12H,4-5,11H2,(H,27,28,30). The summed E-state index contributed by atoms with van der Waals surface area (Å²) in [5, 5.41) is 6.27. The number of carbonyl (C=O) groups excluding carboxylic acids is 1. The van der Waals surface area contributed by atoms with Gasteiger partial charge in [0.15, 0.2) is 5.82 Å². The number of aromatic nitrogens is 2. The number of carbonyl (C=O) groups is 1. The van der Waals surface area contributed by atoms with Gasteiger partial charge in [0.05, 0.1) is 12.1 Å². The molecule has 0 radical (unpaired) electrons. The van der Waals surface area contributed by atoms with E-state index in [2.05, 4.69) is 10.4 Å². The molecule has 1 N–H and O–H groups in total. The molecule has 0 atom stereocenters. The first-order valence-corrected chi connectivity index (χ1v) is 9.21. The number of rotatable bonds is 5. The molecule has 1 amide bonds. The van der Waals surface area contributed by atoms with E-state index in [1.807, 2.05) is 0 Å². The van der Waals surface area contributed by atoms with Crippen LogP contribution in [0.1, 0.15) is 45.8 Å². The van der Waals surface area contributed by atoms with Gasteiger partial charge in [-0.1, -0.05) is 18.2 Å². The highest BCUT2D eigenvalue weighted by Gasteiger charge is 2.34. The Morgan fingerprint density at radius 1 is 1.10 bits per heavy atom. The SMILES string of the molecule is O=C(Nc1ccn(Cc2cc(C3CC3)ccc2C(F)(F)F)n1)c1c(F)cccc1F. The number of hydrogen-bond donors (Lipinski definition) is 1. The zero-order valence-corrected chi connectivity index (χ0v) is 15.5. The van der Waals surface area contributed by atoms with Crippen molar-refractivity contribution >= 4 is 11.7 Å². The molecule has 0 unspecified atom stereocenters. The zero-order chi connectivity index (χ0) is 21.5. The molecular formula is C21H16F5N3O. The lowest BCUT2D eigenvalue weighted by Gasteiger charge is -2.14. The van der Waals surface area contributed by atoms with E-state index in [4.69, 9.17) is 0 Å². The predicted molar refractivity (Wildman–Crippen MR) is 99.1 cm³/mol. The molecule has 3 aromatic rings. The second kappa shape index (κ2) is 7.55. The molecule has 1 aliphatic rings. The quantitative estimate of drug-likeness (QED) is 0.564. The molecule has 0 aliphatic heterocycles. The number of nitrogens with zero attached hydrogens (tertiary/aromatic N) is 2. The Morgan fingerprint density at radius 2 is 1.80 bits per heavy atom. The third-order valence-electron chi connectivity index (χ3n) is 4.89. The maximum atomic E-state index is 13.7. The summed E-state index contributed by atoms with van der Waals surface area (Å²) in [6, 6.07) is 8.48. The van der Waals surface area contributed by atoms with E-state index >= 15 is 0 Å². The van der Waals surface area contributed by atoms with E-state index in [1.165, 1.54) is 29.1 Å². The first kappa shape index (κ1) is 20.1. The predicted octanol–water partition coefficient (Wildman–Crippen LogP) is 5.36. The van der Waals surface area contributed by atoms with Crippen LogP contribution in [0.25, 0.3) is 0 Å². The Labute approximate surface area is 168 Å². The van der Waals surface area contributed by atoms with Crippen molar-refractivity contribution in [2.75, 3.05) is 5.32 Å². The minimum atomic E-state index is -4.51. The van der Waals surface area contributed by atoms with E-state index in [9.17, 15) is 26.7 Å². The van der Waals surface area contributed by atoms with Gasteiger partial charge in [-0.3, -0.25) is 9.48 Å². The topological polar surface area (TPSA) is 46.9 Å². The van der Waals surface area contributed by atoms with E-state index in [1.54, 1.807) is 0 Å². The fourth-order valence-corrected chi connectivity index (χ4v) is 3.28. The average molecular weight is 421 g/mol. The summed E-state index contributed by atoms with van der Waals surface area (Å²) in [7, 11) is 0.